The molecule has 0 radical (unpaired) electrons. The Morgan fingerprint density at radius 2 is 1.36 bits per heavy atom. The summed E-state index contributed by atoms with van der Waals surface area (Å²) in [5.74, 6) is 0.874. The molecule has 5 heteroatoms. The number of rotatable bonds is 18. The van der Waals surface area contributed by atoms with Gasteiger partial charge in [0.25, 0.3) is 8.32 Å². The summed E-state index contributed by atoms with van der Waals surface area (Å²) in [6.07, 6.45) is 8.63. The molecule has 0 N–H and O–H groups in total. The molecule has 2 aromatic rings. The lowest BCUT2D eigenvalue weighted by atomic mass is 9.95. The van der Waals surface area contributed by atoms with Gasteiger partial charge in [-0.2, -0.15) is 0 Å². The van der Waals surface area contributed by atoms with Crippen LogP contribution in [0.25, 0.3) is 0 Å². The van der Waals surface area contributed by atoms with Crippen LogP contribution in [0, 0.1) is 11.8 Å². The van der Waals surface area contributed by atoms with Crippen LogP contribution in [0.15, 0.2) is 84.5 Å². The Kier molecular flexibility index (Phi) is 14.9. The van der Waals surface area contributed by atoms with E-state index in [9.17, 15) is 4.79 Å². The minimum absolute atomic E-state index is 0.0379. The Labute approximate surface area is 260 Å². The second-order valence-electron chi connectivity index (χ2n) is 13.1. The summed E-state index contributed by atoms with van der Waals surface area (Å²) >= 11 is 0. The molecular formula is C37H58O3Si2. The van der Waals surface area contributed by atoms with Gasteiger partial charge in [0.15, 0.2) is 14.1 Å². The van der Waals surface area contributed by atoms with Crippen LogP contribution >= 0.6 is 0 Å². The monoisotopic (exact) mass is 606 g/mol. The molecule has 0 aliphatic carbocycles. The van der Waals surface area contributed by atoms with Crippen molar-refractivity contribution < 1.29 is 13.6 Å². The highest BCUT2D eigenvalue weighted by atomic mass is 28.4. The van der Waals surface area contributed by atoms with E-state index in [1.54, 1.807) is 0 Å². The Bertz CT molecular complexity index is 1070. The fourth-order valence-electron chi connectivity index (χ4n) is 5.95. The van der Waals surface area contributed by atoms with Crippen molar-refractivity contribution in [3.63, 3.8) is 0 Å². The summed E-state index contributed by atoms with van der Waals surface area (Å²) in [7, 11) is -4.08. The number of carbonyl (C=O) groups is 1. The Morgan fingerprint density at radius 3 is 1.83 bits per heavy atom. The third-order valence-electron chi connectivity index (χ3n) is 9.13. The summed E-state index contributed by atoms with van der Waals surface area (Å²) in [6, 6.07) is 25.0. The van der Waals surface area contributed by atoms with Crippen molar-refractivity contribution >= 4 is 32.8 Å². The summed E-state index contributed by atoms with van der Waals surface area (Å²) in [4.78, 5) is 12.8. The minimum Gasteiger partial charge on any atom is -0.417 e. The Morgan fingerprint density at radius 1 is 0.833 bits per heavy atom. The second-order valence-corrected chi connectivity index (χ2v) is 22.2. The molecule has 0 spiro atoms. The SMILES string of the molecule is CC[Si](CC)(CC)OCC[C@H](C)/C(C)=C\C(=O)C[C@@H](C)C/C=C/CO[Si](c1ccccc1)(c1ccccc1)C(C)(C)C. The van der Waals surface area contributed by atoms with Gasteiger partial charge in [-0.15, -0.1) is 0 Å². The van der Waals surface area contributed by atoms with E-state index in [0.29, 0.717) is 18.9 Å². The lowest BCUT2D eigenvalue weighted by Crippen LogP contribution is -2.66. The summed E-state index contributed by atoms with van der Waals surface area (Å²) in [5, 5.41) is 2.55. The molecule has 2 aromatic carbocycles. The van der Waals surface area contributed by atoms with Crippen LogP contribution in [0.1, 0.15) is 81.6 Å². The van der Waals surface area contributed by atoms with Crippen molar-refractivity contribution in [2.45, 2.75) is 105 Å². The zero-order valence-corrected chi connectivity index (χ0v) is 30.0. The zero-order valence-electron chi connectivity index (χ0n) is 28.0. The first-order valence-electron chi connectivity index (χ1n) is 16.2. The number of carbonyl (C=O) groups excluding carboxylic acids is 1. The van der Waals surface area contributed by atoms with E-state index in [2.05, 4.69) is 135 Å². The van der Waals surface area contributed by atoms with Crippen molar-refractivity contribution in [2.75, 3.05) is 13.2 Å². The van der Waals surface area contributed by atoms with E-state index in [1.165, 1.54) is 34.1 Å². The highest BCUT2D eigenvalue weighted by Crippen LogP contribution is 2.36. The lowest BCUT2D eigenvalue weighted by Gasteiger charge is -2.42. The molecule has 0 heterocycles. The molecule has 232 valence electrons. The first kappa shape index (κ1) is 36.1. The summed E-state index contributed by atoms with van der Waals surface area (Å²) in [6.45, 7) is 21.6. The van der Waals surface area contributed by atoms with Crippen LogP contribution in [0.2, 0.25) is 23.2 Å². The predicted octanol–water partition coefficient (Wildman–Crippen LogP) is 9.10. The normalized spacial score (nSPS) is 14.7. The number of hydrogen-bond acceptors (Lipinski definition) is 3. The molecule has 0 bridgehead atoms. The number of ketones is 1. The second kappa shape index (κ2) is 17.3. The molecule has 0 amide bonds. The van der Waals surface area contributed by atoms with Crippen molar-refractivity contribution in [1.29, 1.82) is 0 Å². The largest absolute Gasteiger partial charge is 0.417 e. The summed E-state index contributed by atoms with van der Waals surface area (Å²) < 4.78 is 13.4. The van der Waals surface area contributed by atoms with Crippen LogP contribution in [-0.2, 0) is 13.6 Å². The van der Waals surface area contributed by atoms with Crippen LogP contribution in [0.4, 0.5) is 0 Å². The van der Waals surface area contributed by atoms with E-state index in [-0.39, 0.29) is 16.7 Å². The first-order chi connectivity index (χ1) is 19.9. The van der Waals surface area contributed by atoms with Crippen LogP contribution in [0.5, 0.6) is 0 Å². The van der Waals surface area contributed by atoms with Gasteiger partial charge in [-0.1, -0.05) is 134 Å². The first-order valence-corrected chi connectivity index (χ1v) is 20.6. The van der Waals surface area contributed by atoms with Crippen LogP contribution < -0.4 is 10.4 Å². The third-order valence-corrected chi connectivity index (χ3v) is 18.8. The molecule has 0 saturated heterocycles. The molecule has 0 saturated carbocycles. The molecule has 2 rings (SSSR count). The average molecular weight is 607 g/mol. The van der Waals surface area contributed by atoms with Crippen LogP contribution in [-0.4, -0.2) is 35.6 Å². The van der Waals surface area contributed by atoms with Crippen molar-refractivity contribution in [3.05, 3.63) is 84.5 Å². The van der Waals surface area contributed by atoms with Gasteiger partial charge in [0.2, 0.25) is 0 Å². The number of benzene rings is 2. The maximum Gasteiger partial charge on any atom is 0.261 e. The van der Waals surface area contributed by atoms with Gasteiger partial charge >= 0.3 is 0 Å². The molecule has 0 unspecified atom stereocenters. The fraction of sp³-hybridized carbons (Fsp3) is 0.541. The Balaban J connectivity index is 1.95. The summed E-state index contributed by atoms with van der Waals surface area (Å²) in [5.41, 5.74) is 1.17. The zero-order chi connectivity index (χ0) is 31.2. The lowest BCUT2D eigenvalue weighted by molar-refractivity contribution is -0.115. The molecule has 42 heavy (non-hydrogen) atoms. The predicted molar refractivity (Wildman–Crippen MR) is 187 cm³/mol. The van der Waals surface area contributed by atoms with Crippen molar-refractivity contribution in [2.24, 2.45) is 11.8 Å². The van der Waals surface area contributed by atoms with E-state index in [4.69, 9.17) is 8.85 Å². The van der Waals surface area contributed by atoms with Gasteiger partial charge < -0.3 is 8.85 Å². The van der Waals surface area contributed by atoms with E-state index >= 15 is 0 Å². The maximum absolute atomic E-state index is 12.8. The van der Waals surface area contributed by atoms with E-state index in [1.807, 2.05) is 6.08 Å². The van der Waals surface area contributed by atoms with Gasteiger partial charge in [-0.3, -0.25) is 4.79 Å². The average Bonchev–Trinajstić information content (AvgIpc) is 2.97. The van der Waals surface area contributed by atoms with Gasteiger partial charge in [0.1, 0.15) is 0 Å². The quantitative estimate of drug-likeness (QED) is 0.0964. The van der Waals surface area contributed by atoms with Gasteiger partial charge in [-0.25, -0.2) is 0 Å². The smallest absolute Gasteiger partial charge is 0.261 e. The van der Waals surface area contributed by atoms with Gasteiger partial charge in [-0.05, 0) is 71.2 Å². The molecule has 0 aliphatic heterocycles. The Hall–Kier alpha value is -2.06. The van der Waals surface area contributed by atoms with Gasteiger partial charge in [0.05, 0.1) is 6.61 Å². The number of allylic oxidation sites excluding steroid dienone is 3. The molecule has 0 aliphatic rings. The maximum atomic E-state index is 12.8. The standard InChI is InChI=1S/C37H58O3Si2/c1-10-41(11-2,12-3)39-28-26-32(5)33(6)30-34(38)29-31(4)21-19-20-27-40-42(37(7,8)9,35-22-15-13-16-23-35)36-24-17-14-18-25-36/h13-20,22-25,30-32H,10-12,21,26-29H2,1-9H3/b20-19+,33-30-/t31-,32-/m0/s1. The van der Waals surface area contributed by atoms with Gasteiger partial charge in [0, 0.05) is 13.0 Å². The van der Waals surface area contributed by atoms with E-state index in [0.717, 1.165) is 19.4 Å². The topological polar surface area (TPSA) is 35.5 Å². The molecule has 0 fully saturated rings. The fourth-order valence-corrected chi connectivity index (χ4v) is 13.1. The van der Waals surface area contributed by atoms with E-state index < -0.39 is 16.6 Å². The van der Waals surface area contributed by atoms with Crippen molar-refractivity contribution in [3.8, 4) is 0 Å². The highest BCUT2D eigenvalue weighted by Gasteiger charge is 2.49. The molecule has 3 nitrogen and oxygen atoms in total. The molecule has 2 atom stereocenters. The van der Waals surface area contributed by atoms with Crippen LogP contribution in [0.3, 0.4) is 0 Å². The molecule has 0 aromatic heterocycles. The highest BCUT2D eigenvalue weighted by molar-refractivity contribution is 6.99. The molecular weight excluding hydrogens is 549 g/mol. The number of hydrogen-bond donors (Lipinski definition) is 0. The minimum atomic E-state index is -2.53. The van der Waals surface area contributed by atoms with Crippen molar-refractivity contribution in [1.82, 2.24) is 0 Å². The third kappa shape index (κ3) is 10.0.